The summed E-state index contributed by atoms with van der Waals surface area (Å²) in [6.45, 7) is 1.36. The molecule has 2 aromatic heterocycles. The standard InChI is InChI=1S/C22H25N5O2.HI/c1-23-22(25-14-12-18-5-3-4-13-24-18)27-16-17-6-11-21(26-15-17)29-20-9-7-19(28-2)8-10-20;/h3-11,13,15H,12,14,16H2,1-2H3,(H2,23,25,27);1H. The predicted octanol–water partition coefficient (Wildman–Crippen LogP) is 3.80. The molecule has 0 radical (unpaired) electrons. The largest absolute Gasteiger partial charge is 0.497 e. The van der Waals surface area contributed by atoms with Crippen LogP contribution in [0, 0.1) is 0 Å². The number of halogens is 1. The van der Waals surface area contributed by atoms with Gasteiger partial charge in [0, 0.05) is 50.7 Å². The van der Waals surface area contributed by atoms with Crippen molar-refractivity contribution in [3.8, 4) is 17.4 Å². The summed E-state index contributed by atoms with van der Waals surface area (Å²) < 4.78 is 10.9. The molecular formula is C22H26IN5O2. The number of hydrogen-bond donors (Lipinski definition) is 2. The number of pyridine rings is 2. The highest BCUT2D eigenvalue weighted by molar-refractivity contribution is 14.0. The fourth-order valence-corrected chi connectivity index (χ4v) is 2.60. The number of hydrogen-bond acceptors (Lipinski definition) is 5. The number of aliphatic imine (C=N–C) groups is 1. The number of rotatable bonds is 8. The van der Waals surface area contributed by atoms with E-state index in [2.05, 4.69) is 25.6 Å². The monoisotopic (exact) mass is 519 g/mol. The molecule has 0 unspecified atom stereocenters. The van der Waals surface area contributed by atoms with Crippen LogP contribution < -0.4 is 20.1 Å². The number of methoxy groups -OCH3 is 1. The summed E-state index contributed by atoms with van der Waals surface area (Å²) in [5.41, 5.74) is 2.08. The molecule has 8 heteroatoms. The zero-order chi connectivity index (χ0) is 20.3. The minimum Gasteiger partial charge on any atom is -0.497 e. The molecule has 0 spiro atoms. The zero-order valence-electron chi connectivity index (χ0n) is 17.0. The quantitative estimate of drug-likeness (QED) is 0.268. The van der Waals surface area contributed by atoms with Gasteiger partial charge in [-0.2, -0.15) is 0 Å². The lowest BCUT2D eigenvalue weighted by atomic mass is 10.2. The van der Waals surface area contributed by atoms with E-state index in [9.17, 15) is 0 Å². The minimum atomic E-state index is 0. The maximum atomic E-state index is 5.75. The average molecular weight is 519 g/mol. The topological polar surface area (TPSA) is 80.7 Å². The van der Waals surface area contributed by atoms with E-state index in [1.165, 1.54) is 0 Å². The molecule has 0 bridgehead atoms. The van der Waals surface area contributed by atoms with Crippen molar-refractivity contribution in [1.29, 1.82) is 0 Å². The Bertz CT molecular complexity index is 903. The van der Waals surface area contributed by atoms with Gasteiger partial charge in [-0.15, -0.1) is 24.0 Å². The smallest absolute Gasteiger partial charge is 0.219 e. The van der Waals surface area contributed by atoms with E-state index in [-0.39, 0.29) is 24.0 Å². The zero-order valence-corrected chi connectivity index (χ0v) is 19.4. The lowest BCUT2D eigenvalue weighted by Gasteiger charge is -2.12. The number of ether oxygens (including phenoxy) is 2. The first-order valence-electron chi connectivity index (χ1n) is 9.38. The molecule has 2 N–H and O–H groups in total. The average Bonchev–Trinajstić information content (AvgIpc) is 2.78. The second-order valence-corrected chi connectivity index (χ2v) is 6.21. The Morgan fingerprint density at radius 3 is 2.40 bits per heavy atom. The van der Waals surface area contributed by atoms with Gasteiger partial charge in [0.1, 0.15) is 11.5 Å². The minimum absolute atomic E-state index is 0. The van der Waals surface area contributed by atoms with Gasteiger partial charge in [0.25, 0.3) is 0 Å². The molecule has 0 atom stereocenters. The van der Waals surface area contributed by atoms with Gasteiger partial charge in [0.05, 0.1) is 7.11 Å². The highest BCUT2D eigenvalue weighted by Crippen LogP contribution is 2.22. The van der Waals surface area contributed by atoms with E-state index in [0.29, 0.717) is 18.2 Å². The van der Waals surface area contributed by atoms with Crippen LogP contribution in [-0.4, -0.2) is 36.6 Å². The van der Waals surface area contributed by atoms with Crippen molar-refractivity contribution in [1.82, 2.24) is 20.6 Å². The van der Waals surface area contributed by atoms with E-state index in [0.717, 1.165) is 35.9 Å². The second kappa shape index (κ2) is 12.6. The number of nitrogens with zero attached hydrogens (tertiary/aromatic N) is 3. The Morgan fingerprint density at radius 1 is 0.967 bits per heavy atom. The lowest BCUT2D eigenvalue weighted by Crippen LogP contribution is -2.37. The summed E-state index contributed by atoms with van der Waals surface area (Å²) in [6, 6.07) is 17.1. The normalized spacial score (nSPS) is 10.7. The van der Waals surface area contributed by atoms with Gasteiger partial charge < -0.3 is 20.1 Å². The molecule has 0 aliphatic carbocycles. The SMILES string of the molecule is CN=C(NCCc1ccccn1)NCc1ccc(Oc2ccc(OC)cc2)nc1.I. The molecule has 0 fully saturated rings. The van der Waals surface area contributed by atoms with E-state index < -0.39 is 0 Å². The van der Waals surface area contributed by atoms with Crippen LogP contribution in [0.3, 0.4) is 0 Å². The molecule has 7 nitrogen and oxygen atoms in total. The van der Waals surface area contributed by atoms with Crippen molar-refractivity contribution in [3.63, 3.8) is 0 Å². The summed E-state index contributed by atoms with van der Waals surface area (Å²) in [4.78, 5) is 12.9. The predicted molar refractivity (Wildman–Crippen MR) is 129 cm³/mol. The van der Waals surface area contributed by atoms with Gasteiger partial charge in [-0.3, -0.25) is 9.98 Å². The molecule has 0 aliphatic heterocycles. The Kier molecular flexibility index (Phi) is 9.85. The molecule has 30 heavy (non-hydrogen) atoms. The van der Waals surface area contributed by atoms with Crippen molar-refractivity contribution in [2.24, 2.45) is 4.99 Å². The molecule has 0 saturated heterocycles. The maximum Gasteiger partial charge on any atom is 0.219 e. The summed E-state index contributed by atoms with van der Waals surface area (Å²) in [5.74, 6) is 2.77. The van der Waals surface area contributed by atoms with Crippen molar-refractivity contribution in [3.05, 3.63) is 78.2 Å². The van der Waals surface area contributed by atoms with Crippen LogP contribution in [0.1, 0.15) is 11.3 Å². The molecule has 0 saturated carbocycles. The lowest BCUT2D eigenvalue weighted by molar-refractivity contribution is 0.412. The molecule has 3 rings (SSSR count). The van der Waals surface area contributed by atoms with Gasteiger partial charge >= 0.3 is 0 Å². The third kappa shape index (κ3) is 7.51. The van der Waals surface area contributed by atoms with Crippen molar-refractivity contribution in [2.45, 2.75) is 13.0 Å². The first-order chi connectivity index (χ1) is 14.3. The van der Waals surface area contributed by atoms with Crippen LogP contribution in [0.15, 0.2) is 72.0 Å². The number of nitrogens with one attached hydrogen (secondary N) is 2. The molecule has 1 aromatic carbocycles. The van der Waals surface area contributed by atoms with Crippen molar-refractivity contribution in [2.75, 3.05) is 20.7 Å². The van der Waals surface area contributed by atoms with Crippen molar-refractivity contribution < 1.29 is 9.47 Å². The fourth-order valence-electron chi connectivity index (χ4n) is 2.60. The summed E-state index contributed by atoms with van der Waals surface area (Å²) >= 11 is 0. The van der Waals surface area contributed by atoms with Crippen LogP contribution in [0.5, 0.6) is 17.4 Å². The van der Waals surface area contributed by atoms with Crippen LogP contribution in [0.2, 0.25) is 0 Å². The highest BCUT2D eigenvalue weighted by atomic mass is 127. The summed E-state index contributed by atoms with van der Waals surface area (Å²) in [5, 5.41) is 6.56. The van der Waals surface area contributed by atoms with Gasteiger partial charge in [-0.1, -0.05) is 12.1 Å². The molecule has 0 aliphatic rings. The second-order valence-electron chi connectivity index (χ2n) is 6.21. The van der Waals surface area contributed by atoms with Gasteiger partial charge in [-0.05, 0) is 42.0 Å². The van der Waals surface area contributed by atoms with Gasteiger partial charge in [0.2, 0.25) is 5.88 Å². The van der Waals surface area contributed by atoms with E-state index in [4.69, 9.17) is 9.47 Å². The Balaban J connectivity index is 0.00000320. The Morgan fingerprint density at radius 2 is 1.77 bits per heavy atom. The molecule has 158 valence electrons. The third-order valence-electron chi connectivity index (χ3n) is 4.16. The first-order valence-corrected chi connectivity index (χ1v) is 9.38. The molecular weight excluding hydrogens is 493 g/mol. The Hall–Kier alpha value is -2.88. The first kappa shape index (κ1) is 23.4. The number of guanidine groups is 1. The Labute approximate surface area is 194 Å². The van der Waals surface area contributed by atoms with Crippen LogP contribution >= 0.6 is 24.0 Å². The van der Waals surface area contributed by atoms with Gasteiger partial charge in [-0.25, -0.2) is 4.98 Å². The number of benzene rings is 1. The van der Waals surface area contributed by atoms with Crippen LogP contribution in [0.4, 0.5) is 0 Å². The van der Waals surface area contributed by atoms with Gasteiger partial charge in [0.15, 0.2) is 5.96 Å². The van der Waals surface area contributed by atoms with E-state index in [1.807, 2.05) is 54.6 Å². The van der Waals surface area contributed by atoms with E-state index in [1.54, 1.807) is 26.6 Å². The van der Waals surface area contributed by atoms with Crippen molar-refractivity contribution >= 4 is 29.9 Å². The summed E-state index contributed by atoms with van der Waals surface area (Å²) in [6.07, 6.45) is 4.42. The molecule has 2 heterocycles. The van der Waals surface area contributed by atoms with Crippen LogP contribution in [0.25, 0.3) is 0 Å². The molecule has 3 aromatic rings. The fraction of sp³-hybridized carbons (Fsp3) is 0.227. The maximum absolute atomic E-state index is 5.75. The van der Waals surface area contributed by atoms with Crippen LogP contribution in [-0.2, 0) is 13.0 Å². The van der Waals surface area contributed by atoms with E-state index >= 15 is 0 Å². The molecule has 0 amide bonds. The highest BCUT2D eigenvalue weighted by Gasteiger charge is 2.02. The number of aromatic nitrogens is 2. The summed E-state index contributed by atoms with van der Waals surface area (Å²) in [7, 11) is 3.38. The third-order valence-corrected chi connectivity index (χ3v) is 4.16.